The van der Waals surface area contributed by atoms with Crippen molar-refractivity contribution in [3.8, 4) is 0 Å². The van der Waals surface area contributed by atoms with E-state index in [9.17, 15) is 4.39 Å². The summed E-state index contributed by atoms with van der Waals surface area (Å²) in [6, 6.07) is 9.70. The maximum Gasteiger partial charge on any atom is 0.148 e. The van der Waals surface area contributed by atoms with Crippen LogP contribution in [0.25, 0.3) is 0 Å². The highest BCUT2D eigenvalue weighted by Gasteiger charge is 2.05. The van der Waals surface area contributed by atoms with E-state index in [4.69, 9.17) is 11.6 Å². The highest BCUT2D eigenvalue weighted by molar-refractivity contribution is 8.13. The fourth-order valence-electron chi connectivity index (χ4n) is 1.01. The highest BCUT2D eigenvalue weighted by Crippen LogP contribution is 2.20. The Hall–Kier alpha value is -1.06. The van der Waals surface area contributed by atoms with Crippen LogP contribution in [0.2, 0.25) is 0 Å². The quantitative estimate of drug-likeness (QED) is 0.438. The van der Waals surface area contributed by atoms with Crippen molar-refractivity contribution in [2.75, 3.05) is 0 Å². The van der Waals surface area contributed by atoms with Gasteiger partial charge in [0.15, 0.2) is 0 Å². The zero-order valence-corrected chi connectivity index (χ0v) is 10.2. The van der Waals surface area contributed by atoms with E-state index in [1.54, 1.807) is 0 Å². The van der Waals surface area contributed by atoms with Gasteiger partial charge in [0.1, 0.15) is 16.0 Å². The van der Waals surface area contributed by atoms with Crippen molar-refractivity contribution in [1.82, 2.24) is 0 Å². The molecule has 0 spiro atoms. The smallest absolute Gasteiger partial charge is 0.148 e. The second-order valence-corrected chi connectivity index (χ2v) is 4.37. The molecule has 0 unspecified atom stereocenters. The SMILES string of the molecule is C=C(Cl)/N=C(/SCc1ccccc1)C(=C)F. The van der Waals surface area contributed by atoms with Gasteiger partial charge in [-0.1, -0.05) is 66.9 Å². The molecule has 1 rings (SSSR count). The van der Waals surface area contributed by atoms with Crippen molar-refractivity contribution >= 4 is 28.4 Å². The molecule has 0 atom stereocenters. The largest absolute Gasteiger partial charge is 0.227 e. The predicted molar refractivity (Wildman–Crippen MR) is 70.4 cm³/mol. The van der Waals surface area contributed by atoms with Gasteiger partial charge in [-0.15, -0.1) is 0 Å². The number of hydrogen-bond acceptors (Lipinski definition) is 2. The van der Waals surface area contributed by atoms with Crippen molar-refractivity contribution in [2.45, 2.75) is 5.75 Å². The minimum Gasteiger partial charge on any atom is -0.227 e. The maximum absolute atomic E-state index is 13.0. The first kappa shape index (κ1) is 13.0. The van der Waals surface area contributed by atoms with E-state index in [1.165, 1.54) is 11.8 Å². The predicted octanol–water partition coefficient (Wildman–Crippen LogP) is 4.51. The van der Waals surface area contributed by atoms with Crippen LogP contribution in [0.5, 0.6) is 0 Å². The van der Waals surface area contributed by atoms with Gasteiger partial charge in [-0.25, -0.2) is 9.38 Å². The Kier molecular flexibility index (Phi) is 5.29. The summed E-state index contributed by atoms with van der Waals surface area (Å²) in [5.74, 6) is 0.0231. The third kappa shape index (κ3) is 4.64. The van der Waals surface area contributed by atoms with Gasteiger partial charge in [0.2, 0.25) is 0 Å². The summed E-state index contributed by atoms with van der Waals surface area (Å²) in [6.45, 7) is 6.59. The van der Waals surface area contributed by atoms with Crippen LogP contribution in [-0.2, 0) is 5.75 Å². The van der Waals surface area contributed by atoms with Gasteiger partial charge in [0.25, 0.3) is 0 Å². The molecule has 0 heterocycles. The summed E-state index contributed by atoms with van der Waals surface area (Å²) in [4.78, 5) is 3.77. The molecule has 0 saturated carbocycles. The molecule has 0 aliphatic carbocycles. The highest BCUT2D eigenvalue weighted by atomic mass is 35.5. The summed E-state index contributed by atoms with van der Waals surface area (Å²) in [7, 11) is 0. The number of aliphatic imine (C=N–C) groups is 1. The number of nitrogens with zero attached hydrogens (tertiary/aromatic N) is 1. The molecular weight excluding hydrogens is 245 g/mol. The summed E-state index contributed by atoms with van der Waals surface area (Å²) >= 11 is 6.74. The molecule has 0 aliphatic rings. The molecule has 1 aromatic rings. The van der Waals surface area contributed by atoms with Gasteiger partial charge in [-0.05, 0) is 5.56 Å². The molecule has 4 heteroatoms. The van der Waals surface area contributed by atoms with E-state index in [-0.39, 0.29) is 10.2 Å². The molecule has 0 fully saturated rings. The zero-order valence-electron chi connectivity index (χ0n) is 8.62. The molecule has 0 radical (unpaired) electrons. The van der Waals surface area contributed by atoms with Gasteiger partial charge in [-0.3, -0.25) is 0 Å². The Labute approximate surface area is 104 Å². The van der Waals surface area contributed by atoms with E-state index < -0.39 is 5.83 Å². The Morgan fingerprint density at radius 1 is 1.31 bits per heavy atom. The first-order valence-corrected chi connectivity index (χ1v) is 5.90. The molecule has 0 amide bonds. The van der Waals surface area contributed by atoms with E-state index in [0.717, 1.165) is 5.56 Å². The average molecular weight is 256 g/mol. The van der Waals surface area contributed by atoms with E-state index in [0.29, 0.717) is 5.75 Å². The van der Waals surface area contributed by atoms with Crippen molar-refractivity contribution < 1.29 is 4.39 Å². The molecule has 0 bridgehead atoms. The van der Waals surface area contributed by atoms with E-state index >= 15 is 0 Å². The number of thioether (sulfide) groups is 1. The Morgan fingerprint density at radius 3 is 2.44 bits per heavy atom. The molecular formula is C12H11ClFNS. The summed E-state index contributed by atoms with van der Waals surface area (Å²) < 4.78 is 13.0. The Morgan fingerprint density at radius 2 is 1.94 bits per heavy atom. The van der Waals surface area contributed by atoms with Crippen LogP contribution in [0.1, 0.15) is 5.56 Å². The molecule has 1 nitrogen and oxygen atoms in total. The minimum atomic E-state index is -0.595. The van der Waals surface area contributed by atoms with Gasteiger partial charge < -0.3 is 0 Å². The first-order chi connectivity index (χ1) is 7.59. The van der Waals surface area contributed by atoms with Crippen LogP contribution in [0.3, 0.4) is 0 Å². The standard InChI is InChI=1S/C12H11ClFNS/c1-9(14)12(15-10(2)13)16-8-11-6-4-3-5-7-11/h3-7H,1-2,8H2/b15-12+. The second-order valence-electron chi connectivity index (χ2n) is 2.97. The van der Waals surface area contributed by atoms with Crippen LogP contribution in [0, 0.1) is 0 Å². The molecule has 0 aliphatic heterocycles. The molecule has 0 saturated heterocycles. The van der Waals surface area contributed by atoms with Gasteiger partial charge >= 0.3 is 0 Å². The summed E-state index contributed by atoms with van der Waals surface area (Å²) in [6.07, 6.45) is 0. The van der Waals surface area contributed by atoms with Crippen molar-refractivity contribution in [1.29, 1.82) is 0 Å². The molecule has 0 N–H and O–H groups in total. The fourth-order valence-corrected chi connectivity index (χ4v) is 1.97. The van der Waals surface area contributed by atoms with Crippen LogP contribution in [0.4, 0.5) is 4.39 Å². The van der Waals surface area contributed by atoms with Crippen molar-refractivity contribution in [3.63, 3.8) is 0 Å². The van der Waals surface area contributed by atoms with Crippen LogP contribution >= 0.6 is 23.4 Å². The summed E-state index contributed by atoms with van der Waals surface area (Å²) in [5.41, 5.74) is 1.08. The lowest BCUT2D eigenvalue weighted by Gasteiger charge is -2.03. The first-order valence-electron chi connectivity index (χ1n) is 4.54. The number of rotatable bonds is 4. The lowest BCUT2D eigenvalue weighted by molar-refractivity contribution is 0.689. The number of halogens is 2. The number of hydrogen-bond donors (Lipinski definition) is 0. The third-order valence-corrected chi connectivity index (χ3v) is 2.82. The van der Waals surface area contributed by atoms with Crippen LogP contribution in [0.15, 0.2) is 59.5 Å². The van der Waals surface area contributed by atoms with Gasteiger partial charge in [0.05, 0.1) is 0 Å². The topological polar surface area (TPSA) is 12.4 Å². The lowest BCUT2D eigenvalue weighted by atomic mass is 10.2. The number of benzene rings is 1. The van der Waals surface area contributed by atoms with Crippen LogP contribution < -0.4 is 0 Å². The zero-order chi connectivity index (χ0) is 12.0. The maximum atomic E-state index is 13.0. The fraction of sp³-hybridized carbons (Fsp3) is 0.0833. The molecule has 84 valence electrons. The molecule has 0 aromatic heterocycles. The van der Waals surface area contributed by atoms with Gasteiger partial charge in [0, 0.05) is 5.75 Å². The Balaban J connectivity index is 2.65. The molecule has 16 heavy (non-hydrogen) atoms. The molecule has 1 aromatic carbocycles. The minimum absolute atomic E-state index is 0.0503. The van der Waals surface area contributed by atoms with Crippen LogP contribution in [-0.4, -0.2) is 5.04 Å². The Bertz CT molecular complexity index is 414. The summed E-state index contributed by atoms with van der Waals surface area (Å²) in [5, 5.41) is 0.221. The van der Waals surface area contributed by atoms with Gasteiger partial charge in [-0.2, -0.15) is 0 Å². The lowest BCUT2D eigenvalue weighted by Crippen LogP contribution is -1.93. The average Bonchev–Trinajstić information content (AvgIpc) is 2.25. The van der Waals surface area contributed by atoms with E-state index in [2.05, 4.69) is 18.2 Å². The van der Waals surface area contributed by atoms with Crippen molar-refractivity contribution in [2.24, 2.45) is 4.99 Å². The third-order valence-electron chi connectivity index (χ3n) is 1.67. The monoisotopic (exact) mass is 255 g/mol. The normalized spacial score (nSPS) is 11.2. The van der Waals surface area contributed by atoms with Crippen molar-refractivity contribution in [3.05, 3.63) is 60.0 Å². The second kappa shape index (κ2) is 6.51. The van der Waals surface area contributed by atoms with E-state index in [1.807, 2.05) is 30.3 Å².